The minimum Gasteiger partial charge on any atom is -0.0818 e. The molecule has 0 aliphatic rings. The molecule has 0 aromatic heterocycles. The van der Waals surface area contributed by atoms with Crippen molar-refractivity contribution in [3.63, 3.8) is 0 Å². The van der Waals surface area contributed by atoms with Crippen LogP contribution in [-0.2, 0) is 0 Å². The Hall–Kier alpha value is -1.60. The minimum absolute atomic E-state index is 0.765. The molecule has 1 heteroatoms. The van der Waals surface area contributed by atoms with Crippen LogP contribution >= 0.6 is 0 Å². The van der Waals surface area contributed by atoms with Crippen LogP contribution in [0, 0.1) is 0 Å². The van der Waals surface area contributed by atoms with E-state index in [2.05, 4.69) is 67.6 Å². The summed E-state index contributed by atoms with van der Waals surface area (Å²) in [5, 5.41) is 2.81. The Bertz CT molecular complexity index is 457. The van der Waals surface area contributed by atoms with Crippen molar-refractivity contribution in [3.05, 3.63) is 71.4 Å². The van der Waals surface area contributed by atoms with Gasteiger partial charge < -0.3 is 0 Å². The fourth-order valence-electron chi connectivity index (χ4n) is 1.58. The topological polar surface area (TPSA) is 0 Å². The molecule has 0 heterocycles. The number of allylic oxidation sites excluding steroid dienone is 1. The van der Waals surface area contributed by atoms with E-state index in [1.807, 2.05) is 6.07 Å². The molecule has 0 aliphatic carbocycles. The molecule has 0 unspecified atom stereocenters. The molecular weight excluding hydrogens is 208 g/mol. The first kappa shape index (κ1) is 10.9. The van der Waals surface area contributed by atoms with Crippen LogP contribution in [0.5, 0.6) is 0 Å². The van der Waals surface area contributed by atoms with Crippen molar-refractivity contribution in [1.29, 1.82) is 0 Å². The van der Waals surface area contributed by atoms with E-state index in [4.69, 9.17) is 0 Å². The standard InChI is InChI=1S/C15H14Si/c1-13(12-14-8-4-2-5-9-14)16-15-10-6-3-7-11-15/h2-12H,1H3/b13-12+. The van der Waals surface area contributed by atoms with E-state index in [1.54, 1.807) is 0 Å². The summed E-state index contributed by atoms with van der Waals surface area (Å²) < 4.78 is 0. The van der Waals surface area contributed by atoms with Crippen molar-refractivity contribution in [2.45, 2.75) is 6.92 Å². The molecule has 0 saturated heterocycles. The van der Waals surface area contributed by atoms with E-state index in [9.17, 15) is 0 Å². The van der Waals surface area contributed by atoms with Crippen LogP contribution < -0.4 is 5.19 Å². The second-order valence-corrected chi connectivity index (χ2v) is 5.35. The molecule has 0 spiro atoms. The molecule has 0 fully saturated rings. The van der Waals surface area contributed by atoms with Crippen molar-refractivity contribution in [1.82, 2.24) is 0 Å². The fraction of sp³-hybridized carbons (Fsp3) is 0.0667. The second-order valence-electron chi connectivity index (χ2n) is 3.73. The smallest absolute Gasteiger partial charge is 0.0818 e. The highest BCUT2D eigenvalue weighted by Crippen LogP contribution is 2.04. The lowest BCUT2D eigenvalue weighted by Gasteiger charge is -2.00. The monoisotopic (exact) mass is 222 g/mol. The molecule has 78 valence electrons. The summed E-state index contributed by atoms with van der Waals surface area (Å²) in [6, 6.07) is 21.1. The number of benzene rings is 2. The van der Waals surface area contributed by atoms with Crippen LogP contribution in [-0.4, -0.2) is 9.52 Å². The van der Waals surface area contributed by atoms with Crippen molar-refractivity contribution in [2.24, 2.45) is 0 Å². The van der Waals surface area contributed by atoms with Gasteiger partial charge in [-0.15, -0.1) is 0 Å². The lowest BCUT2D eigenvalue weighted by atomic mass is 10.2. The van der Waals surface area contributed by atoms with Gasteiger partial charge in [-0.1, -0.05) is 77.1 Å². The average molecular weight is 222 g/mol. The number of hydrogen-bond acceptors (Lipinski definition) is 0. The van der Waals surface area contributed by atoms with E-state index in [0.717, 1.165) is 9.52 Å². The summed E-state index contributed by atoms with van der Waals surface area (Å²) in [6.45, 7) is 2.19. The average Bonchev–Trinajstić information content (AvgIpc) is 2.31. The summed E-state index contributed by atoms with van der Waals surface area (Å²) in [4.78, 5) is 0. The maximum Gasteiger partial charge on any atom is 0.115 e. The fourth-order valence-corrected chi connectivity index (χ4v) is 2.64. The predicted octanol–water partition coefficient (Wildman–Crippen LogP) is 3.08. The summed E-state index contributed by atoms with van der Waals surface area (Å²) in [5.41, 5.74) is 1.28. The first-order valence-corrected chi connectivity index (χ1v) is 6.40. The molecular formula is C15H14Si. The zero-order chi connectivity index (χ0) is 11.2. The highest BCUT2D eigenvalue weighted by atomic mass is 28.2. The molecule has 2 rings (SSSR count). The van der Waals surface area contributed by atoms with Gasteiger partial charge in [0.1, 0.15) is 9.52 Å². The summed E-state index contributed by atoms with van der Waals surface area (Å²) >= 11 is 0. The Morgan fingerprint density at radius 3 is 2.06 bits per heavy atom. The van der Waals surface area contributed by atoms with Gasteiger partial charge in [-0.25, -0.2) is 0 Å². The van der Waals surface area contributed by atoms with Crippen LogP contribution in [0.4, 0.5) is 0 Å². The minimum atomic E-state index is 0.765. The van der Waals surface area contributed by atoms with Gasteiger partial charge in [-0.05, 0) is 12.5 Å². The Kier molecular flexibility index (Phi) is 3.73. The summed E-state index contributed by atoms with van der Waals surface area (Å²) in [5.74, 6) is 0. The zero-order valence-electron chi connectivity index (χ0n) is 9.35. The van der Waals surface area contributed by atoms with Crippen LogP contribution in [0.15, 0.2) is 65.9 Å². The van der Waals surface area contributed by atoms with Crippen molar-refractivity contribution < 1.29 is 0 Å². The third-order valence-electron chi connectivity index (χ3n) is 2.30. The predicted molar refractivity (Wildman–Crippen MR) is 71.9 cm³/mol. The van der Waals surface area contributed by atoms with Crippen molar-refractivity contribution >= 4 is 20.8 Å². The molecule has 0 amide bonds. The first-order chi connectivity index (χ1) is 7.84. The SMILES string of the molecule is C/C(=C\c1ccccc1)[Si]c1ccccc1. The highest BCUT2D eigenvalue weighted by molar-refractivity contribution is 6.61. The molecule has 0 bridgehead atoms. The molecule has 0 N–H and O–H groups in total. The van der Waals surface area contributed by atoms with Gasteiger partial charge in [0.15, 0.2) is 0 Å². The van der Waals surface area contributed by atoms with E-state index in [1.165, 1.54) is 15.9 Å². The molecule has 0 saturated carbocycles. The molecule has 0 atom stereocenters. The Balaban J connectivity index is 2.09. The lowest BCUT2D eigenvalue weighted by molar-refractivity contribution is 1.62. The molecule has 16 heavy (non-hydrogen) atoms. The van der Waals surface area contributed by atoms with Gasteiger partial charge in [-0.2, -0.15) is 0 Å². The van der Waals surface area contributed by atoms with Crippen LogP contribution in [0.25, 0.3) is 6.08 Å². The first-order valence-electron chi connectivity index (χ1n) is 5.40. The van der Waals surface area contributed by atoms with Gasteiger partial charge in [0.25, 0.3) is 0 Å². The Labute approximate surface area is 99.5 Å². The van der Waals surface area contributed by atoms with E-state index in [-0.39, 0.29) is 0 Å². The van der Waals surface area contributed by atoms with E-state index >= 15 is 0 Å². The van der Waals surface area contributed by atoms with Crippen molar-refractivity contribution in [3.8, 4) is 0 Å². The maximum absolute atomic E-state index is 2.26. The third-order valence-corrected chi connectivity index (χ3v) is 3.46. The van der Waals surface area contributed by atoms with Crippen LogP contribution in [0.3, 0.4) is 0 Å². The van der Waals surface area contributed by atoms with E-state index < -0.39 is 0 Å². The summed E-state index contributed by atoms with van der Waals surface area (Å²) in [7, 11) is 0.765. The highest BCUT2D eigenvalue weighted by Gasteiger charge is 1.95. The zero-order valence-corrected chi connectivity index (χ0v) is 10.4. The van der Waals surface area contributed by atoms with Gasteiger partial charge in [0, 0.05) is 0 Å². The lowest BCUT2D eigenvalue weighted by Crippen LogP contribution is -2.14. The number of hydrogen-bond donors (Lipinski definition) is 0. The molecule has 0 aliphatic heterocycles. The molecule has 2 aromatic rings. The van der Waals surface area contributed by atoms with Gasteiger partial charge >= 0.3 is 0 Å². The normalized spacial score (nSPS) is 11.4. The number of rotatable bonds is 3. The summed E-state index contributed by atoms with van der Waals surface area (Å²) in [6.07, 6.45) is 2.26. The van der Waals surface area contributed by atoms with E-state index in [0.29, 0.717) is 0 Å². The van der Waals surface area contributed by atoms with Gasteiger partial charge in [-0.3, -0.25) is 0 Å². The third kappa shape index (κ3) is 3.21. The van der Waals surface area contributed by atoms with Gasteiger partial charge in [0.05, 0.1) is 0 Å². The van der Waals surface area contributed by atoms with Crippen LogP contribution in [0.1, 0.15) is 12.5 Å². The largest absolute Gasteiger partial charge is 0.115 e. The van der Waals surface area contributed by atoms with Crippen molar-refractivity contribution in [2.75, 3.05) is 0 Å². The molecule has 0 nitrogen and oxygen atoms in total. The van der Waals surface area contributed by atoms with Crippen LogP contribution in [0.2, 0.25) is 0 Å². The quantitative estimate of drug-likeness (QED) is 0.700. The van der Waals surface area contributed by atoms with Gasteiger partial charge in [0.2, 0.25) is 0 Å². The second kappa shape index (κ2) is 5.47. The molecule has 2 radical (unpaired) electrons. The Morgan fingerprint density at radius 2 is 1.44 bits per heavy atom. The Morgan fingerprint density at radius 1 is 0.875 bits per heavy atom. The maximum atomic E-state index is 2.26. The molecule has 2 aromatic carbocycles.